The molecular formula is C23H36O5Si. The van der Waals surface area contributed by atoms with E-state index in [0.29, 0.717) is 37.7 Å². The van der Waals surface area contributed by atoms with Crippen LogP contribution < -0.4 is 4.74 Å². The lowest BCUT2D eigenvalue weighted by Gasteiger charge is -2.28. The Hall–Kier alpha value is -1.89. The van der Waals surface area contributed by atoms with E-state index in [1.807, 2.05) is 38.6 Å². The number of unbranched alkanes of at least 4 members (excludes halogenated alkanes) is 2. The van der Waals surface area contributed by atoms with Crippen molar-refractivity contribution in [3.63, 3.8) is 0 Å². The molecular weight excluding hydrogens is 384 g/mol. The predicted octanol–water partition coefficient (Wildman–Crippen LogP) is 5.60. The smallest absolute Gasteiger partial charge is 0.364 e. The van der Waals surface area contributed by atoms with Gasteiger partial charge in [0.2, 0.25) is 0 Å². The van der Waals surface area contributed by atoms with Crippen molar-refractivity contribution < 1.29 is 23.1 Å². The van der Waals surface area contributed by atoms with Crippen molar-refractivity contribution in [2.75, 3.05) is 26.4 Å². The van der Waals surface area contributed by atoms with Gasteiger partial charge in [-0.1, -0.05) is 24.8 Å². The largest absolute Gasteiger partial charge is 0.493 e. The molecule has 0 N–H and O–H groups in total. The first-order valence-electron chi connectivity index (χ1n) is 10.4. The number of carbonyl (C=O) groups is 1. The van der Waals surface area contributed by atoms with Gasteiger partial charge in [-0.05, 0) is 69.8 Å². The quantitative estimate of drug-likeness (QED) is 0.151. The van der Waals surface area contributed by atoms with Crippen LogP contribution in [-0.2, 0) is 13.6 Å². The van der Waals surface area contributed by atoms with Gasteiger partial charge in [-0.3, -0.25) is 0 Å². The maximum absolute atomic E-state index is 12.4. The summed E-state index contributed by atoms with van der Waals surface area (Å²) in [6, 6.07) is 7.18. The Morgan fingerprint density at radius 2 is 1.76 bits per heavy atom. The summed E-state index contributed by atoms with van der Waals surface area (Å²) in [6.07, 6.45) is 6.04. The highest BCUT2D eigenvalue weighted by Crippen LogP contribution is 2.22. The molecule has 0 atom stereocenters. The van der Waals surface area contributed by atoms with Crippen LogP contribution in [0.1, 0.15) is 56.3 Å². The molecule has 1 rings (SSSR count). The minimum absolute atomic E-state index is 0.356. The number of rotatable bonds is 16. The number of hydrogen-bond acceptors (Lipinski definition) is 5. The molecule has 29 heavy (non-hydrogen) atoms. The van der Waals surface area contributed by atoms with Crippen LogP contribution in [0.25, 0.3) is 0 Å². The van der Waals surface area contributed by atoms with Crippen LogP contribution in [0.15, 0.2) is 48.7 Å². The average Bonchev–Trinajstić information content (AvgIpc) is 2.71. The van der Waals surface area contributed by atoms with Crippen molar-refractivity contribution in [3.8, 4) is 5.75 Å². The molecule has 1 aromatic carbocycles. The minimum Gasteiger partial charge on any atom is -0.493 e. The molecule has 0 bridgehead atoms. The molecule has 1 aromatic rings. The van der Waals surface area contributed by atoms with Crippen molar-refractivity contribution in [3.05, 3.63) is 54.3 Å². The lowest BCUT2D eigenvalue weighted by molar-refractivity contribution is 0.0493. The van der Waals surface area contributed by atoms with E-state index in [0.717, 1.165) is 37.3 Å². The van der Waals surface area contributed by atoms with Crippen molar-refractivity contribution >= 4 is 14.5 Å². The normalized spacial score (nSPS) is 11.1. The SMILES string of the molecule is C=CCCCOc1ccccc1C(=O)OCCCCC(=C)[Si](C)(OCC)OCC. The standard InChI is InChI=1S/C23H36O5Si/c1-6-9-13-18-25-22-17-11-10-16-21(22)23(24)26-19-14-12-15-20(4)29(5,27-7-2)28-8-3/h6,10-11,16-17H,1,4,7-9,12-15,18-19H2,2-3,5H3. The summed E-state index contributed by atoms with van der Waals surface area (Å²) in [5.41, 5.74) is 0.461. The third kappa shape index (κ3) is 8.98. The number of esters is 1. The molecule has 0 unspecified atom stereocenters. The maximum atomic E-state index is 12.4. The van der Waals surface area contributed by atoms with Gasteiger partial charge in [-0.25, -0.2) is 4.79 Å². The fraction of sp³-hybridized carbons (Fsp3) is 0.522. The van der Waals surface area contributed by atoms with Gasteiger partial charge in [0.25, 0.3) is 0 Å². The Balaban J connectivity index is 2.42. The van der Waals surface area contributed by atoms with Gasteiger partial charge >= 0.3 is 14.5 Å². The van der Waals surface area contributed by atoms with Gasteiger partial charge in [0.15, 0.2) is 0 Å². The summed E-state index contributed by atoms with van der Waals surface area (Å²) in [6.45, 7) is 16.0. The highest BCUT2D eigenvalue weighted by molar-refractivity contribution is 6.73. The summed E-state index contributed by atoms with van der Waals surface area (Å²) in [5, 5.41) is 1.03. The van der Waals surface area contributed by atoms with Gasteiger partial charge in [-0.2, -0.15) is 0 Å². The third-order valence-corrected chi connectivity index (χ3v) is 7.72. The van der Waals surface area contributed by atoms with E-state index in [1.54, 1.807) is 12.1 Å². The Morgan fingerprint density at radius 3 is 2.41 bits per heavy atom. The minimum atomic E-state index is -2.34. The molecule has 0 fully saturated rings. The van der Waals surface area contributed by atoms with Crippen LogP contribution in [0.2, 0.25) is 6.55 Å². The number of benzene rings is 1. The molecule has 6 heteroatoms. The van der Waals surface area contributed by atoms with E-state index in [2.05, 4.69) is 13.2 Å². The molecule has 0 aromatic heterocycles. The lowest BCUT2D eigenvalue weighted by Crippen LogP contribution is -2.41. The summed E-state index contributed by atoms with van der Waals surface area (Å²) in [7, 11) is -2.34. The molecule has 0 aliphatic carbocycles. The van der Waals surface area contributed by atoms with E-state index in [1.165, 1.54) is 0 Å². The van der Waals surface area contributed by atoms with Gasteiger partial charge in [0.1, 0.15) is 11.3 Å². The lowest BCUT2D eigenvalue weighted by atomic mass is 10.2. The summed E-state index contributed by atoms with van der Waals surface area (Å²) < 4.78 is 22.9. The zero-order valence-electron chi connectivity index (χ0n) is 18.2. The van der Waals surface area contributed by atoms with Crippen molar-refractivity contribution in [1.29, 1.82) is 0 Å². The first-order valence-corrected chi connectivity index (χ1v) is 12.8. The molecule has 0 spiro atoms. The highest BCUT2D eigenvalue weighted by atomic mass is 28.4. The first kappa shape index (κ1) is 25.1. The summed E-state index contributed by atoms with van der Waals surface area (Å²) in [4.78, 5) is 12.4. The molecule has 162 valence electrons. The molecule has 0 amide bonds. The van der Waals surface area contributed by atoms with Gasteiger partial charge in [-0.15, -0.1) is 6.58 Å². The van der Waals surface area contributed by atoms with Crippen molar-refractivity contribution in [1.82, 2.24) is 0 Å². The highest BCUT2D eigenvalue weighted by Gasteiger charge is 2.34. The van der Waals surface area contributed by atoms with Gasteiger partial charge in [0.05, 0.1) is 13.2 Å². The zero-order valence-corrected chi connectivity index (χ0v) is 19.2. The molecule has 0 saturated heterocycles. The van der Waals surface area contributed by atoms with Crippen molar-refractivity contribution in [2.24, 2.45) is 0 Å². The van der Waals surface area contributed by atoms with E-state index < -0.39 is 8.56 Å². The van der Waals surface area contributed by atoms with Crippen LogP contribution in [0.5, 0.6) is 5.75 Å². The molecule has 0 radical (unpaired) electrons. The predicted molar refractivity (Wildman–Crippen MR) is 120 cm³/mol. The maximum Gasteiger partial charge on any atom is 0.364 e. The molecule has 0 saturated carbocycles. The second kappa shape index (κ2) is 14.1. The molecule has 0 heterocycles. The Kier molecular flexibility index (Phi) is 12.3. The Labute approximate surface area is 176 Å². The molecule has 0 aliphatic heterocycles. The fourth-order valence-corrected chi connectivity index (χ4v) is 5.10. The van der Waals surface area contributed by atoms with Gasteiger partial charge in [0, 0.05) is 13.2 Å². The van der Waals surface area contributed by atoms with E-state index in [4.69, 9.17) is 18.3 Å². The van der Waals surface area contributed by atoms with E-state index in [9.17, 15) is 4.79 Å². The van der Waals surface area contributed by atoms with Crippen LogP contribution in [0, 0.1) is 0 Å². The Morgan fingerprint density at radius 1 is 1.07 bits per heavy atom. The molecule has 5 nitrogen and oxygen atoms in total. The second-order valence-electron chi connectivity index (χ2n) is 6.78. The first-order chi connectivity index (χ1) is 14.0. The van der Waals surface area contributed by atoms with Crippen LogP contribution in [0.3, 0.4) is 0 Å². The zero-order chi connectivity index (χ0) is 21.5. The number of carbonyl (C=O) groups excluding carboxylic acids is 1. The monoisotopic (exact) mass is 420 g/mol. The average molecular weight is 421 g/mol. The number of para-hydroxylation sites is 1. The number of hydrogen-bond donors (Lipinski definition) is 0. The second-order valence-corrected chi connectivity index (χ2v) is 9.96. The van der Waals surface area contributed by atoms with Crippen LogP contribution in [0.4, 0.5) is 0 Å². The fourth-order valence-electron chi connectivity index (χ4n) is 2.88. The van der Waals surface area contributed by atoms with Crippen LogP contribution >= 0.6 is 0 Å². The number of ether oxygens (including phenoxy) is 2. The Bertz CT molecular complexity index is 638. The van der Waals surface area contributed by atoms with Crippen molar-refractivity contribution in [2.45, 2.75) is 52.5 Å². The van der Waals surface area contributed by atoms with E-state index >= 15 is 0 Å². The molecule has 0 aliphatic rings. The summed E-state index contributed by atoms with van der Waals surface area (Å²) in [5.74, 6) is 0.205. The van der Waals surface area contributed by atoms with E-state index in [-0.39, 0.29) is 5.97 Å². The van der Waals surface area contributed by atoms with Crippen LogP contribution in [-0.4, -0.2) is 41.0 Å². The third-order valence-electron chi connectivity index (χ3n) is 4.50. The topological polar surface area (TPSA) is 54.0 Å². The van der Waals surface area contributed by atoms with Gasteiger partial charge < -0.3 is 18.3 Å². The summed E-state index contributed by atoms with van der Waals surface area (Å²) >= 11 is 0. The number of allylic oxidation sites excluding steroid dienone is 2.